The topological polar surface area (TPSA) is 62.3 Å². The molecule has 2 aliphatic rings. The molecule has 33 heavy (non-hydrogen) atoms. The number of carbonyl (C=O) groups excluding carboxylic acids is 1. The zero-order valence-corrected chi connectivity index (χ0v) is 21.1. The maximum absolute atomic E-state index is 12.7. The minimum absolute atomic E-state index is 0.0591. The van der Waals surface area contributed by atoms with E-state index in [1.807, 2.05) is 23.1 Å². The van der Waals surface area contributed by atoms with Gasteiger partial charge in [-0.05, 0) is 66.8 Å². The normalized spacial score (nSPS) is 19.5. The first-order chi connectivity index (χ1) is 15.8. The summed E-state index contributed by atoms with van der Waals surface area (Å²) in [5.74, 6) is 0.544. The number of pyridine rings is 1. The molecule has 1 aliphatic carbocycles. The number of likely N-dealkylation sites (tertiary alicyclic amines) is 1. The molecule has 4 rings (SSSR count). The van der Waals surface area contributed by atoms with Crippen molar-refractivity contribution in [3.8, 4) is 0 Å². The average Bonchev–Trinajstić information content (AvgIpc) is 2.93. The summed E-state index contributed by atoms with van der Waals surface area (Å²) < 4.78 is 14.0. The lowest BCUT2D eigenvalue weighted by Gasteiger charge is -2.37. The fraction of sp³-hybridized carbons (Fsp3) is 0.500. The molecule has 2 aromatic rings. The summed E-state index contributed by atoms with van der Waals surface area (Å²) in [7, 11) is 5.02. The lowest BCUT2D eigenvalue weighted by atomic mass is 9.76. The van der Waals surface area contributed by atoms with E-state index in [9.17, 15) is 9.00 Å². The third kappa shape index (κ3) is 5.81. The third-order valence-corrected chi connectivity index (χ3v) is 7.85. The molecule has 174 valence electrons. The van der Waals surface area contributed by atoms with Gasteiger partial charge in [0.2, 0.25) is 5.91 Å². The standard InChI is InChI=1S/C24H28BCl2N3O2S/c1-33(32)29-8-2-3-21(31)30-9-6-15(7-10-30)23-22-16(12-19(26)13-20(22)27)4-5-17-11-18(25)14-28-24(17)23/h11-15,23,29H,2-10H2,1H3. The number of nitrogens with zero attached hydrogens (tertiary/aromatic N) is 2. The number of aromatic nitrogens is 1. The van der Waals surface area contributed by atoms with Crippen molar-refractivity contribution in [3.63, 3.8) is 0 Å². The van der Waals surface area contributed by atoms with Crippen molar-refractivity contribution in [2.24, 2.45) is 5.92 Å². The minimum Gasteiger partial charge on any atom is -0.343 e. The Morgan fingerprint density at radius 1 is 1.21 bits per heavy atom. The molecule has 9 heteroatoms. The highest BCUT2D eigenvalue weighted by Gasteiger charge is 2.36. The van der Waals surface area contributed by atoms with Crippen molar-refractivity contribution in [3.05, 3.63) is 56.8 Å². The number of hydrogen-bond donors (Lipinski definition) is 1. The Kier molecular flexibility index (Phi) is 8.16. The molecule has 2 atom stereocenters. The number of halogens is 2. The van der Waals surface area contributed by atoms with E-state index in [2.05, 4.69) is 4.72 Å². The predicted octanol–water partition coefficient (Wildman–Crippen LogP) is 3.31. The van der Waals surface area contributed by atoms with E-state index in [0.29, 0.717) is 40.8 Å². The van der Waals surface area contributed by atoms with Crippen LogP contribution in [0.4, 0.5) is 0 Å². The smallest absolute Gasteiger partial charge is 0.222 e. The van der Waals surface area contributed by atoms with Gasteiger partial charge in [0.1, 0.15) is 7.85 Å². The second-order valence-corrected chi connectivity index (χ2v) is 11.0. The highest BCUT2D eigenvalue weighted by molar-refractivity contribution is 7.82. The summed E-state index contributed by atoms with van der Waals surface area (Å²) >= 11 is 13.1. The maximum atomic E-state index is 12.7. The SMILES string of the molecule is [B]c1cnc2c(c1)CCc1cc(Cl)cc(Cl)c1C2C1CCN(C(=O)CCCNS(C)=O)CC1. The molecule has 2 heterocycles. The van der Waals surface area contributed by atoms with Crippen LogP contribution in [0.25, 0.3) is 0 Å². The van der Waals surface area contributed by atoms with E-state index < -0.39 is 11.0 Å². The van der Waals surface area contributed by atoms with Gasteiger partial charge in [0.15, 0.2) is 0 Å². The number of amides is 1. The minimum atomic E-state index is -1.04. The molecule has 1 saturated heterocycles. The van der Waals surface area contributed by atoms with Crippen LogP contribution in [0.3, 0.4) is 0 Å². The van der Waals surface area contributed by atoms with Crippen molar-refractivity contribution in [1.29, 1.82) is 0 Å². The second-order valence-electron chi connectivity index (χ2n) is 8.92. The molecule has 1 fully saturated rings. The van der Waals surface area contributed by atoms with Gasteiger partial charge in [-0.3, -0.25) is 9.78 Å². The van der Waals surface area contributed by atoms with Crippen molar-refractivity contribution >= 4 is 53.4 Å². The Labute approximate surface area is 209 Å². The molecule has 5 nitrogen and oxygen atoms in total. The van der Waals surface area contributed by atoms with Crippen LogP contribution >= 0.6 is 23.2 Å². The molecule has 0 saturated carbocycles. The number of carbonyl (C=O) groups is 1. The lowest BCUT2D eigenvalue weighted by Crippen LogP contribution is -2.40. The number of aryl methyl sites for hydroxylation is 2. The maximum Gasteiger partial charge on any atom is 0.222 e. The van der Waals surface area contributed by atoms with Crippen LogP contribution in [0.5, 0.6) is 0 Å². The zero-order chi connectivity index (χ0) is 23.5. The zero-order valence-electron chi connectivity index (χ0n) is 18.8. The van der Waals surface area contributed by atoms with E-state index in [1.54, 1.807) is 12.5 Å². The van der Waals surface area contributed by atoms with Crippen LogP contribution in [-0.2, 0) is 28.6 Å². The number of piperidine rings is 1. The van der Waals surface area contributed by atoms with Crippen LogP contribution < -0.4 is 10.2 Å². The van der Waals surface area contributed by atoms with Gasteiger partial charge in [0, 0.05) is 54.5 Å². The summed E-state index contributed by atoms with van der Waals surface area (Å²) in [6, 6.07) is 5.89. The van der Waals surface area contributed by atoms with E-state index in [-0.39, 0.29) is 11.8 Å². The van der Waals surface area contributed by atoms with Gasteiger partial charge in [-0.2, -0.15) is 0 Å². The molecule has 0 spiro atoms. The van der Waals surface area contributed by atoms with E-state index in [1.165, 1.54) is 11.1 Å². The molecule has 2 unspecified atom stereocenters. The number of nitrogens with one attached hydrogen (secondary N) is 1. The predicted molar refractivity (Wildman–Crippen MR) is 136 cm³/mol. The average molecular weight is 504 g/mol. The number of rotatable bonds is 6. The van der Waals surface area contributed by atoms with Gasteiger partial charge >= 0.3 is 0 Å². The molecule has 0 bridgehead atoms. The summed E-state index contributed by atoms with van der Waals surface area (Å²) in [5, 5.41) is 1.34. The molecule has 2 radical (unpaired) electrons. The molecular formula is C24H28BCl2N3O2S. The Bertz CT molecular complexity index is 1060. The first-order valence-electron chi connectivity index (χ1n) is 11.4. The quantitative estimate of drug-likeness (QED) is 0.485. The van der Waals surface area contributed by atoms with Crippen LogP contribution in [0, 0.1) is 5.92 Å². The van der Waals surface area contributed by atoms with Gasteiger partial charge < -0.3 is 4.90 Å². The first-order valence-corrected chi connectivity index (χ1v) is 13.7. The van der Waals surface area contributed by atoms with Gasteiger partial charge in [0.05, 0.1) is 16.7 Å². The third-order valence-electron chi connectivity index (χ3n) is 6.71. The second kappa shape index (κ2) is 10.9. The highest BCUT2D eigenvalue weighted by Crippen LogP contribution is 2.45. The van der Waals surface area contributed by atoms with Crippen LogP contribution in [0.2, 0.25) is 10.0 Å². The molecule has 1 aromatic heterocycles. The van der Waals surface area contributed by atoms with Gasteiger partial charge in [-0.25, -0.2) is 8.93 Å². The van der Waals surface area contributed by atoms with Crippen molar-refractivity contribution in [2.45, 2.75) is 44.4 Å². The Morgan fingerprint density at radius 3 is 2.67 bits per heavy atom. The number of hydrogen-bond acceptors (Lipinski definition) is 3. The first kappa shape index (κ1) is 24.7. The van der Waals surface area contributed by atoms with Crippen molar-refractivity contribution in [1.82, 2.24) is 14.6 Å². The van der Waals surface area contributed by atoms with Gasteiger partial charge in [-0.15, -0.1) is 0 Å². The Hall–Kier alpha value is -1.41. The van der Waals surface area contributed by atoms with E-state index >= 15 is 0 Å². The van der Waals surface area contributed by atoms with Gasteiger partial charge in [0.25, 0.3) is 0 Å². The largest absolute Gasteiger partial charge is 0.343 e. The fourth-order valence-corrected chi connectivity index (χ4v) is 6.26. The fourth-order valence-electron chi connectivity index (χ4n) is 5.17. The van der Waals surface area contributed by atoms with Crippen LogP contribution in [0.1, 0.15) is 54.0 Å². The lowest BCUT2D eigenvalue weighted by molar-refractivity contribution is -0.132. The highest BCUT2D eigenvalue weighted by atomic mass is 35.5. The molecule has 1 N–H and O–H groups in total. The summed E-state index contributed by atoms with van der Waals surface area (Å²) in [6.45, 7) is 2.02. The van der Waals surface area contributed by atoms with E-state index in [0.717, 1.165) is 50.0 Å². The molecule has 1 aliphatic heterocycles. The summed E-state index contributed by atoms with van der Waals surface area (Å²) in [5.41, 5.74) is 5.19. The molecular weight excluding hydrogens is 476 g/mol. The Balaban J connectivity index is 1.53. The molecule has 1 aromatic carbocycles. The molecule has 1 amide bonds. The summed E-state index contributed by atoms with van der Waals surface area (Å²) in [6.07, 6.45) is 7.95. The summed E-state index contributed by atoms with van der Waals surface area (Å²) in [4.78, 5) is 19.4. The monoisotopic (exact) mass is 503 g/mol. The van der Waals surface area contributed by atoms with E-state index in [4.69, 9.17) is 36.0 Å². The van der Waals surface area contributed by atoms with Crippen molar-refractivity contribution in [2.75, 3.05) is 25.9 Å². The number of benzene rings is 1. The van der Waals surface area contributed by atoms with Crippen molar-refractivity contribution < 1.29 is 9.00 Å². The Morgan fingerprint density at radius 2 is 1.94 bits per heavy atom. The van der Waals surface area contributed by atoms with Gasteiger partial charge in [-0.1, -0.05) is 34.7 Å². The number of fused-ring (bicyclic) bond motifs is 2. The van der Waals surface area contributed by atoms with Crippen LogP contribution in [-0.4, -0.2) is 53.7 Å². The van der Waals surface area contributed by atoms with Crippen LogP contribution in [0.15, 0.2) is 24.4 Å².